The fourth-order valence-corrected chi connectivity index (χ4v) is 4.37. The van der Waals surface area contributed by atoms with E-state index in [2.05, 4.69) is 22.8 Å². The summed E-state index contributed by atoms with van der Waals surface area (Å²) in [5, 5.41) is 5.99. The molecule has 2 atom stereocenters. The van der Waals surface area contributed by atoms with E-state index in [1.807, 2.05) is 43.3 Å². The van der Waals surface area contributed by atoms with E-state index in [1.54, 1.807) is 11.8 Å². The first-order valence-corrected chi connectivity index (χ1v) is 9.94. The number of benzene rings is 2. The number of fused-ring (bicyclic) bond motifs is 1. The molecule has 4 rings (SSSR count). The second-order valence-corrected chi connectivity index (χ2v) is 8.28. The summed E-state index contributed by atoms with van der Waals surface area (Å²) < 4.78 is 0. The van der Waals surface area contributed by atoms with Crippen LogP contribution in [0.3, 0.4) is 0 Å². The molecule has 2 aromatic carbocycles. The van der Waals surface area contributed by atoms with Gasteiger partial charge in [0.1, 0.15) is 0 Å². The summed E-state index contributed by atoms with van der Waals surface area (Å²) >= 11 is 1.64. The summed E-state index contributed by atoms with van der Waals surface area (Å²) in [6, 6.07) is 15.9. The quantitative estimate of drug-likeness (QED) is 0.843. The zero-order valence-electron chi connectivity index (χ0n) is 14.7. The number of carbonyl (C=O) groups excluding carboxylic acids is 2. The van der Waals surface area contributed by atoms with Crippen LogP contribution in [0.2, 0.25) is 0 Å². The molecule has 0 spiro atoms. The summed E-state index contributed by atoms with van der Waals surface area (Å²) in [7, 11) is 0. The molecule has 0 saturated heterocycles. The number of anilines is 1. The first-order valence-electron chi connectivity index (χ1n) is 9.06. The molecule has 0 radical (unpaired) electrons. The minimum absolute atomic E-state index is 0.0630. The molecular weight excluding hydrogens is 344 g/mol. The molecule has 2 aromatic rings. The van der Waals surface area contributed by atoms with E-state index >= 15 is 0 Å². The molecule has 2 unspecified atom stereocenters. The van der Waals surface area contributed by atoms with Crippen molar-refractivity contribution in [1.82, 2.24) is 5.32 Å². The Balaban J connectivity index is 1.33. The van der Waals surface area contributed by atoms with Crippen LogP contribution in [0.1, 0.15) is 36.9 Å². The first kappa shape index (κ1) is 17.2. The van der Waals surface area contributed by atoms with E-state index in [4.69, 9.17) is 0 Å². The lowest BCUT2D eigenvalue weighted by Crippen LogP contribution is -2.34. The predicted octanol–water partition coefficient (Wildman–Crippen LogP) is 3.93. The number of amides is 2. The molecule has 1 saturated carbocycles. The average molecular weight is 366 g/mol. The second-order valence-electron chi connectivity index (χ2n) is 7.03. The van der Waals surface area contributed by atoms with Crippen LogP contribution in [0, 0.1) is 5.92 Å². The molecule has 1 heterocycles. The van der Waals surface area contributed by atoms with E-state index < -0.39 is 0 Å². The highest BCUT2D eigenvalue weighted by Crippen LogP contribution is 2.37. The van der Waals surface area contributed by atoms with Gasteiger partial charge in [-0.3, -0.25) is 9.59 Å². The zero-order valence-corrected chi connectivity index (χ0v) is 15.5. The zero-order chi connectivity index (χ0) is 18.1. The van der Waals surface area contributed by atoms with Crippen LogP contribution in [0.25, 0.3) is 0 Å². The van der Waals surface area contributed by atoms with E-state index in [9.17, 15) is 9.59 Å². The Kier molecular flexibility index (Phi) is 4.72. The third kappa shape index (κ3) is 3.78. The van der Waals surface area contributed by atoms with Crippen LogP contribution < -0.4 is 10.6 Å². The van der Waals surface area contributed by atoms with Gasteiger partial charge in [-0.05, 0) is 55.5 Å². The predicted molar refractivity (Wildman–Crippen MR) is 104 cm³/mol. The molecule has 0 bridgehead atoms. The lowest BCUT2D eigenvalue weighted by Gasteiger charge is -2.17. The maximum atomic E-state index is 12.6. The third-order valence-electron chi connectivity index (χ3n) is 4.92. The van der Waals surface area contributed by atoms with Crippen molar-refractivity contribution >= 4 is 29.3 Å². The first-order chi connectivity index (χ1) is 12.6. The van der Waals surface area contributed by atoms with Crippen LogP contribution in [-0.4, -0.2) is 17.1 Å². The van der Waals surface area contributed by atoms with Crippen LogP contribution >= 0.6 is 11.8 Å². The minimum atomic E-state index is -0.0694. The van der Waals surface area contributed by atoms with E-state index in [-0.39, 0.29) is 29.0 Å². The van der Waals surface area contributed by atoms with Gasteiger partial charge in [0.15, 0.2) is 0 Å². The lowest BCUT2D eigenvalue weighted by atomic mass is 10.1. The third-order valence-corrected chi connectivity index (χ3v) is 6.24. The molecule has 1 aliphatic heterocycles. The highest BCUT2D eigenvalue weighted by molar-refractivity contribution is 8.01. The SMILES string of the molecule is CC(NC(=O)C1Cc2ccccc2S1)c1ccc(NC(=O)C2CC2)cc1. The Morgan fingerprint density at radius 3 is 2.46 bits per heavy atom. The molecular formula is C21H22N2O2S. The topological polar surface area (TPSA) is 58.2 Å². The van der Waals surface area contributed by atoms with Crippen molar-refractivity contribution in [3.05, 3.63) is 59.7 Å². The van der Waals surface area contributed by atoms with Crippen molar-refractivity contribution in [2.75, 3.05) is 5.32 Å². The van der Waals surface area contributed by atoms with Crippen LogP contribution in [0.5, 0.6) is 0 Å². The van der Waals surface area contributed by atoms with Crippen molar-refractivity contribution in [2.45, 2.75) is 42.4 Å². The minimum Gasteiger partial charge on any atom is -0.349 e. The molecule has 0 aromatic heterocycles. The summed E-state index contributed by atoms with van der Waals surface area (Å²) in [5.74, 6) is 0.377. The fourth-order valence-electron chi connectivity index (χ4n) is 3.16. The van der Waals surface area contributed by atoms with Gasteiger partial charge in [0.25, 0.3) is 0 Å². The highest BCUT2D eigenvalue weighted by atomic mass is 32.2. The molecule has 2 N–H and O–H groups in total. The lowest BCUT2D eigenvalue weighted by molar-refractivity contribution is -0.121. The second kappa shape index (κ2) is 7.16. The highest BCUT2D eigenvalue weighted by Gasteiger charge is 2.30. The van der Waals surface area contributed by atoms with Gasteiger partial charge in [0.2, 0.25) is 11.8 Å². The Hall–Kier alpha value is -2.27. The molecule has 26 heavy (non-hydrogen) atoms. The van der Waals surface area contributed by atoms with Gasteiger partial charge in [-0.15, -0.1) is 11.8 Å². The number of hydrogen-bond donors (Lipinski definition) is 2. The van der Waals surface area contributed by atoms with E-state index in [1.165, 1.54) is 10.5 Å². The number of hydrogen-bond acceptors (Lipinski definition) is 3. The van der Waals surface area contributed by atoms with Gasteiger partial charge in [-0.1, -0.05) is 30.3 Å². The van der Waals surface area contributed by atoms with Gasteiger partial charge in [0.05, 0.1) is 11.3 Å². The normalized spacial score (nSPS) is 19.5. The number of thioether (sulfide) groups is 1. The maximum Gasteiger partial charge on any atom is 0.234 e. The Morgan fingerprint density at radius 2 is 1.77 bits per heavy atom. The van der Waals surface area contributed by atoms with Gasteiger partial charge in [-0.25, -0.2) is 0 Å². The number of rotatable bonds is 5. The Bertz CT molecular complexity index is 805. The van der Waals surface area contributed by atoms with Crippen molar-refractivity contribution in [2.24, 2.45) is 5.92 Å². The molecule has 134 valence electrons. The summed E-state index contributed by atoms with van der Waals surface area (Å²) in [6.45, 7) is 1.99. The Labute approximate surface area is 157 Å². The van der Waals surface area contributed by atoms with Crippen LogP contribution in [0.15, 0.2) is 53.4 Å². The van der Waals surface area contributed by atoms with Gasteiger partial charge < -0.3 is 10.6 Å². The summed E-state index contributed by atoms with van der Waals surface area (Å²) in [4.78, 5) is 25.6. The van der Waals surface area contributed by atoms with Crippen molar-refractivity contribution in [1.29, 1.82) is 0 Å². The van der Waals surface area contributed by atoms with Crippen molar-refractivity contribution in [3.8, 4) is 0 Å². The van der Waals surface area contributed by atoms with Crippen molar-refractivity contribution < 1.29 is 9.59 Å². The number of carbonyl (C=O) groups is 2. The largest absolute Gasteiger partial charge is 0.349 e. The average Bonchev–Trinajstić information content (AvgIpc) is 3.41. The molecule has 2 amide bonds. The number of nitrogens with one attached hydrogen (secondary N) is 2. The van der Waals surface area contributed by atoms with E-state index in [0.29, 0.717) is 0 Å². The molecule has 1 fully saturated rings. The van der Waals surface area contributed by atoms with E-state index in [0.717, 1.165) is 30.5 Å². The van der Waals surface area contributed by atoms with Crippen LogP contribution in [0.4, 0.5) is 5.69 Å². The molecule has 4 nitrogen and oxygen atoms in total. The summed E-state index contributed by atoms with van der Waals surface area (Å²) in [6.07, 6.45) is 2.78. The van der Waals surface area contributed by atoms with Gasteiger partial charge in [-0.2, -0.15) is 0 Å². The van der Waals surface area contributed by atoms with Crippen LogP contribution in [-0.2, 0) is 16.0 Å². The fraction of sp³-hybridized carbons (Fsp3) is 0.333. The summed E-state index contributed by atoms with van der Waals surface area (Å²) in [5.41, 5.74) is 3.09. The smallest absolute Gasteiger partial charge is 0.234 e. The maximum absolute atomic E-state index is 12.6. The molecule has 1 aliphatic carbocycles. The van der Waals surface area contributed by atoms with Gasteiger partial charge in [0, 0.05) is 16.5 Å². The van der Waals surface area contributed by atoms with Gasteiger partial charge >= 0.3 is 0 Å². The standard InChI is InChI=1S/C21H22N2O2S/c1-13(14-8-10-17(11-9-14)23-20(24)15-6-7-15)22-21(25)19-12-16-4-2-3-5-18(16)26-19/h2-5,8-11,13,15,19H,6-7,12H2,1H3,(H,22,25)(H,23,24). The molecule has 2 aliphatic rings. The molecule has 5 heteroatoms. The monoisotopic (exact) mass is 366 g/mol. The van der Waals surface area contributed by atoms with Crippen molar-refractivity contribution in [3.63, 3.8) is 0 Å². The Morgan fingerprint density at radius 1 is 1.04 bits per heavy atom.